The standard InChI is InChI=1S/C21H28N2O3/c1-6-16(12-14(3)4)13-15(5)23-18-11-9-8-10-17(18)22-19(20(23)24)21(25)26-7-2/h6,8-11,14-16H,1,7,12-13H2,2-5H3/t15-,16?/m0/s1. The smallest absolute Gasteiger partial charge is 0.362 e. The van der Waals surface area contributed by atoms with E-state index in [2.05, 4.69) is 25.4 Å². The van der Waals surface area contributed by atoms with Crippen LogP contribution in [-0.2, 0) is 4.74 Å². The van der Waals surface area contributed by atoms with Crippen molar-refractivity contribution in [2.45, 2.75) is 46.6 Å². The van der Waals surface area contributed by atoms with Crippen molar-refractivity contribution in [3.63, 3.8) is 0 Å². The van der Waals surface area contributed by atoms with Crippen LogP contribution < -0.4 is 5.56 Å². The summed E-state index contributed by atoms with van der Waals surface area (Å²) >= 11 is 0. The number of fused-ring (bicyclic) bond motifs is 1. The zero-order valence-electron chi connectivity index (χ0n) is 16.1. The fourth-order valence-electron chi connectivity index (χ4n) is 3.36. The van der Waals surface area contributed by atoms with Gasteiger partial charge < -0.3 is 9.30 Å². The molecule has 0 aliphatic carbocycles. The molecule has 2 atom stereocenters. The molecule has 1 aromatic heterocycles. The van der Waals surface area contributed by atoms with E-state index >= 15 is 0 Å². The molecule has 0 saturated heterocycles. The fourth-order valence-corrected chi connectivity index (χ4v) is 3.36. The van der Waals surface area contributed by atoms with Crippen LogP contribution >= 0.6 is 0 Å². The van der Waals surface area contributed by atoms with Crippen LogP contribution in [0.25, 0.3) is 11.0 Å². The number of allylic oxidation sites excluding steroid dienone is 1. The van der Waals surface area contributed by atoms with Crippen LogP contribution in [0.1, 0.15) is 57.1 Å². The summed E-state index contributed by atoms with van der Waals surface area (Å²) < 4.78 is 6.69. The van der Waals surface area contributed by atoms with E-state index in [1.807, 2.05) is 31.2 Å². The van der Waals surface area contributed by atoms with Gasteiger partial charge in [-0.25, -0.2) is 9.78 Å². The quantitative estimate of drug-likeness (QED) is 0.520. The van der Waals surface area contributed by atoms with E-state index < -0.39 is 11.5 Å². The first-order chi connectivity index (χ1) is 12.4. The van der Waals surface area contributed by atoms with Crippen LogP contribution in [0.4, 0.5) is 0 Å². The van der Waals surface area contributed by atoms with Crippen LogP contribution in [0.15, 0.2) is 41.7 Å². The number of nitrogens with zero attached hydrogens (tertiary/aromatic N) is 2. The Labute approximate surface area is 154 Å². The second-order valence-corrected chi connectivity index (χ2v) is 7.05. The van der Waals surface area contributed by atoms with Crippen molar-refractivity contribution in [2.75, 3.05) is 6.61 Å². The van der Waals surface area contributed by atoms with Gasteiger partial charge in [0, 0.05) is 6.04 Å². The van der Waals surface area contributed by atoms with Gasteiger partial charge in [0.05, 0.1) is 17.6 Å². The molecule has 26 heavy (non-hydrogen) atoms. The van der Waals surface area contributed by atoms with Gasteiger partial charge in [-0.1, -0.05) is 32.1 Å². The minimum Gasteiger partial charge on any atom is -0.461 e. The van der Waals surface area contributed by atoms with Gasteiger partial charge in [-0.2, -0.15) is 0 Å². The first-order valence-electron chi connectivity index (χ1n) is 9.19. The normalized spacial score (nSPS) is 13.6. The van der Waals surface area contributed by atoms with Gasteiger partial charge in [0.25, 0.3) is 5.56 Å². The second kappa shape index (κ2) is 8.79. The zero-order chi connectivity index (χ0) is 19.3. The molecule has 0 aliphatic heterocycles. The SMILES string of the molecule is C=CC(CC(C)C)C[C@H](C)n1c(=O)c(C(=O)OCC)nc2ccccc21. The highest BCUT2D eigenvalue weighted by Crippen LogP contribution is 2.25. The number of hydrogen-bond acceptors (Lipinski definition) is 4. The number of esters is 1. The van der Waals surface area contributed by atoms with E-state index in [1.54, 1.807) is 17.6 Å². The summed E-state index contributed by atoms with van der Waals surface area (Å²) in [6.07, 6.45) is 3.74. The number of para-hydroxylation sites is 2. The third kappa shape index (κ3) is 4.40. The highest BCUT2D eigenvalue weighted by Gasteiger charge is 2.22. The Hall–Kier alpha value is -2.43. The van der Waals surface area contributed by atoms with E-state index in [1.165, 1.54) is 0 Å². The number of ether oxygens (including phenoxy) is 1. The fraction of sp³-hybridized carbons (Fsp3) is 0.476. The van der Waals surface area contributed by atoms with Gasteiger partial charge in [-0.3, -0.25) is 4.79 Å². The average molecular weight is 356 g/mol. The lowest BCUT2D eigenvalue weighted by atomic mass is 9.91. The van der Waals surface area contributed by atoms with Crippen LogP contribution in [0.5, 0.6) is 0 Å². The summed E-state index contributed by atoms with van der Waals surface area (Å²) in [6.45, 7) is 12.2. The lowest BCUT2D eigenvalue weighted by Gasteiger charge is -2.23. The molecule has 0 spiro atoms. The van der Waals surface area contributed by atoms with Crippen molar-refractivity contribution in [3.8, 4) is 0 Å². The maximum absolute atomic E-state index is 13.0. The molecule has 0 bridgehead atoms. The minimum absolute atomic E-state index is 0.0923. The monoisotopic (exact) mass is 356 g/mol. The molecule has 0 aliphatic rings. The number of carbonyl (C=O) groups is 1. The Kier molecular flexibility index (Phi) is 6.72. The molecule has 1 aromatic carbocycles. The van der Waals surface area contributed by atoms with Crippen LogP contribution in [-0.4, -0.2) is 22.1 Å². The Morgan fingerprint density at radius 1 is 1.27 bits per heavy atom. The lowest BCUT2D eigenvalue weighted by molar-refractivity contribution is 0.0516. The van der Waals surface area contributed by atoms with E-state index in [0.29, 0.717) is 17.4 Å². The third-order valence-electron chi connectivity index (χ3n) is 4.46. The molecule has 0 fully saturated rings. The molecule has 0 amide bonds. The molecule has 0 radical (unpaired) electrons. The van der Waals surface area contributed by atoms with Crippen LogP contribution in [0.2, 0.25) is 0 Å². The summed E-state index contributed by atoms with van der Waals surface area (Å²) in [5.41, 5.74) is 0.782. The minimum atomic E-state index is -0.674. The average Bonchev–Trinajstić information content (AvgIpc) is 2.60. The number of hydrogen-bond donors (Lipinski definition) is 0. The third-order valence-corrected chi connectivity index (χ3v) is 4.46. The predicted molar refractivity (Wildman–Crippen MR) is 104 cm³/mol. The number of carbonyl (C=O) groups excluding carboxylic acids is 1. The molecular weight excluding hydrogens is 328 g/mol. The van der Waals surface area contributed by atoms with E-state index in [4.69, 9.17) is 4.74 Å². The van der Waals surface area contributed by atoms with Crippen molar-refractivity contribution in [3.05, 3.63) is 53.0 Å². The Bertz CT molecular complexity index is 839. The first-order valence-corrected chi connectivity index (χ1v) is 9.19. The number of rotatable bonds is 8. The summed E-state index contributed by atoms with van der Waals surface area (Å²) in [7, 11) is 0. The van der Waals surface area contributed by atoms with Gasteiger partial charge in [-0.05, 0) is 50.7 Å². The van der Waals surface area contributed by atoms with Crippen LogP contribution in [0, 0.1) is 11.8 Å². The Morgan fingerprint density at radius 3 is 2.58 bits per heavy atom. The second-order valence-electron chi connectivity index (χ2n) is 7.05. The van der Waals surface area contributed by atoms with Crippen molar-refractivity contribution in [2.24, 2.45) is 11.8 Å². The van der Waals surface area contributed by atoms with Gasteiger partial charge >= 0.3 is 5.97 Å². The summed E-state index contributed by atoms with van der Waals surface area (Å²) in [5.74, 6) is 0.174. The number of benzene rings is 1. The highest BCUT2D eigenvalue weighted by molar-refractivity contribution is 5.89. The molecular formula is C21H28N2O3. The molecule has 1 heterocycles. The van der Waals surface area contributed by atoms with Gasteiger partial charge in [0.2, 0.25) is 5.69 Å². The molecule has 140 valence electrons. The van der Waals surface area contributed by atoms with Gasteiger partial charge in [-0.15, -0.1) is 6.58 Å². The largest absolute Gasteiger partial charge is 0.461 e. The van der Waals surface area contributed by atoms with Crippen molar-refractivity contribution >= 4 is 17.0 Å². The van der Waals surface area contributed by atoms with Crippen molar-refractivity contribution in [1.29, 1.82) is 0 Å². The number of aromatic nitrogens is 2. The van der Waals surface area contributed by atoms with Crippen LogP contribution in [0.3, 0.4) is 0 Å². The highest BCUT2D eigenvalue weighted by atomic mass is 16.5. The lowest BCUT2D eigenvalue weighted by Crippen LogP contribution is -2.32. The molecule has 0 saturated carbocycles. The maximum atomic E-state index is 13.0. The summed E-state index contributed by atoms with van der Waals surface area (Å²) in [6, 6.07) is 7.29. The molecule has 1 unspecified atom stereocenters. The first kappa shape index (κ1) is 19.9. The van der Waals surface area contributed by atoms with Crippen molar-refractivity contribution in [1.82, 2.24) is 9.55 Å². The summed E-state index contributed by atoms with van der Waals surface area (Å²) in [4.78, 5) is 29.5. The maximum Gasteiger partial charge on any atom is 0.362 e. The molecule has 2 rings (SSSR count). The molecule has 5 heteroatoms. The van der Waals surface area contributed by atoms with Crippen molar-refractivity contribution < 1.29 is 9.53 Å². The molecule has 2 aromatic rings. The topological polar surface area (TPSA) is 61.2 Å². The molecule has 5 nitrogen and oxygen atoms in total. The summed E-state index contributed by atoms with van der Waals surface area (Å²) in [5, 5.41) is 0. The van der Waals surface area contributed by atoms with E-state index in [0.717, 1.165) is 18.4 Å². The van der Waals surface area contributed by atoms with E-state index in [9.17, 15) is 9.59 Å². The molecule has 0 N–H and O–H groups in total. The van der Waals surface area contributed by atoms with Gasteiger partial charge in [0.15, 0.2) is 0 Å². The van der Waals surface area contributed by atoms with E-state index in [-0.39, 0.29) is 18.3 Å². The Balaban J connectivity index is 2.53. The Morgan fingerprint density at radius 2 is 1.96 bits per heavy atom. The van der Waals surface area contributed by atoms with Gasteiger partial charge in [0.1, 0.15) is 0 Å². The zero-order valence-corrected chi connectivity index (χ0v) is 16.1. The predicted octanol–water partition coefficient (Wildman–Crippen LogP) is 4.37.